The van der Waals surface area contributed by atoms with Gasteiger partial charge in [0.2, 0.25) is 0 Å². The lowest BCUT2D eigenvalue weighted by Crippen LogP contribution is -2.12. The molecule has 0 aliphatic heterocycles. The second-order valence-electron chi connectivity index (χ2n) is 3.71. The van der Waals surface area contributed by atoms with Crippen molar-refractivity contribution in [1.82, 2.24) is 9.97 Å². The van der Waals surface area contributed by atoms with Crippen molar-refractivity contribution in [1.29, 1.82) is 0 Å². The molecule has 1 aromatic rings. The molecular weight excluding hydrogens is 176 g/mol. The molecule has 0 fully saturated rings. The van der Waals surface area contributed by atoms with Gasteiger partial charge in [0.25, 0.3) is 0 Å². The summed E-state index contributed by atoms with van der Waals surface area (Å²) in [4.78, 5) is 8.14. The maximum atomic E-state index is 5.75. The van der Waals surface area contributed by atoms with E-state index < -0.39 is 0 Å². The highest BCUT2D eigenvalue weighted by molar-refractivity contribution is 5.54. The summed E-state index contributed by atoms with van der Waals surface area (Å²) >= 11 is 0. The van der Waals surface area contributed by atoms with Gasteiger partial charge >= 0.3 is 0 Å². The second kappa shape index (κ2) is 4.79. The summed E-state index contributed by atoms with van der Waals surface area (Å²) in [5.41, 5.74) is 6.75. The number of nitrogens with zero attached hydrogens (tertiary/aromatic N) is 2. The number of nitrogen functional groups attached to an aromatic ring is 1. The van der Waals surface area contributed by atoms with Crippen LogP contribution in [0.5, 0.6) is 0 Å². The predicted molar refractivity (Wildman–Crippen MR) is 59.2 cm³/mol. The lowest BCUT2D eigenvalue weighted by atomic mass is 10.2. The minimum Gasteiger partial charge on any atom is -0.383 e. The molecule has 0 saturated carbocycles. The van der Waals surface area contributed by atoms with Crippen molar-refractivity contribution >= 4 is 11.6 Å². The van der Waals surface area contributed by atoms with E-state index in [0.717, 1.165) is 24.3 Å². The summed E-state index contributed by atoms with van der Waals surface area (Å²) in [7, 11) is 0. The van der Waals surface area contributed by atoms with Crippen molar-refractivity contribution < 1.29 is 0 Å². The normalized spacial score (nSPS) is 10.6. The van der Waals surface area contributed by atoms with E-state index in [-0.39, 0.29) is 0 Å². The van der Waals surface area contributed by atoms with E-state index >= 15 is 0 Å². The Morgan fingerprint density at radius 2 is 2.14 bits per heavy atom. The molecular formula is C10H18N4. The van der Waals surface area contributed by atoms with Gasteiger partial charge in [-0.15, -0.1) is 0 Å². The molecule has 1 aromatic heterocycles. The summed E-state index contributed by atoms with van der Waals surface area (Å²) in [6.45, 7) is 7.27. The summed E-state index contributed by atoms with van der Waals surface area (Å²) < 4.78 is 0. The Bertz CT molecular complexity index is 296. The van der Waals surface area contributed by atoms with Crippen LogP contribution in [0.3, 0.4) is 0 Å². The molecule has 14 heavy (non-hydrogen) atoms. The Labute approximate surface area is 85.0 Å². The van der Waals surface area contributed by atoms with Crippen LogP contribution >= 0.6 is 0 Å². The Kier molecular flexibility index (Phi) is 3.68. The quantitative estimate of drug-likeness (QED) is 0.765. The molecule has 0 bridgehead atoms. The second-order valence-corrected chi connectivity index (χ2v) is 3.71. The maximum Gasteiger partial charge on any atom is 0.134 e. The standard InChI is InChI=1S/C10H18N4/c1-4-8-9(11)13-6-14-10(8)12-5-7(2)3/h6-7H,4-5H2,1-3H3,(H3,11,12,13,14). The lowest BCUT2D eigenvalue weighted by molar-refractivity contribution is 0.686. The van der Waals surface area contributed by atoms with Gasteiger partial charge in [0.1, 0.15) is 18.0 Å². The minimum absolute atomic E-state index is 0.578. The van der Waals surface area contributed by atoms with Gasteiger partial charge in [-0.3, -0.25) is 0 Å². The van der Waals surface area contributed by atoms with E-state index in [1.807, 2.05) is 0 Å². The van der Waals surface area contributed by atoms with E-state index in [1.54, 1.807) is 0 Å². The van der Waals surface area contributed by atoms with E-state index in [1.165, 1.54) is 6.33 Å². The molecule has 0 spiro atoms. The molecule has 0 aliphatic rings. The van der Waals surface area contributed by atoms with Crippen LogP contribution in [0, 0.1) is 5.92 Å². The van der Waals surface area contributed by atoms with Crippen molar-refractivity contribution in [2.24, 2.45) is 5.92 Å². The van der Waals surface area contributed by atoms with Crippen molar-refractivity contribution in [2.45, 2.75) is 27.2 Å². The van der Waals surface area contributed by atoms with Crippen LogP contribution < -0.4 is 11.1 Å². The van der Waals surface area contributed by atoms with Crippen molar-refractivity contribution in [2.75, 3.05) is 17.6 Å². The molecule has 4 heteroatoms. The Morgan fingerprint density at radius 1 is 1.43 bits per heavy atom. The van der Waals surface area contributed by atoms with E-state index in [0.29, 0.717) is 11.7 Å². The van der Waals surface area contributed by atoms with Gasteiger partial charge in [-0.2, -0.15) is 0 Å². The maximum absolute atomic E-state index is 5.75. The highest BCUT2D eigenvalue weighted by atomic mass is 15.0. The average Bonchev–Trinajstić information content (AvgIpc) is 2.14. The third kappa shape index (κ3) is 2.58. The SMILES string of the molecule is CCc1c(N)ncnc1NCC(C)C. The number of anilines is 2. The predicted octanol–water partition coefficient (Wildman–Crippen LogP) is 1.69. The fourth-order valence-corrected chi connectivity index (χ4v) is 1.23. The molecule has 4 nitrogen and oxygen atoms in total. The van der Waals surface area contributed by atoms with Gasteiger partial charge in [0.15, 0.2) is 0 Å². The summed E-state index contributed by atoms with van der Waals surface area (Å²) in [6, 6.07) is 0. The minimum atomic E-state index is 0.578. The smallest absolute Gasteiger partial charge is 0.134 e. The van der Waals surface area contributed by atoms with Crippen molar-refractivity contribution in [3.63, 3.8) is 0 Å². The summed E-state index contributed by atoms with van der Waals surface area (Å²) in [6.07, 6.45) is 2.35. The molecule has 0 aromatic carbocycles. The molecule has 0 aliphatic carbocycles. The molecule has 3 N–H and O–H groups in total. The number of nitrogens with one attached hydrogen (secondary N) is 1. The van der Waals surface area contributed by atoms with Crippen LogP contribution in [-0.2, 0) is 6.42 Å². The van der Waals surface area contributed by atoms with Gasteiger partial charge in [-0.25, -0.2) is 9.97 Å². The number of hydrogen-bond donors (Lipinski definition) is 2. The van der Waals surface area contributed by atoms with Crippen LogP contribution in [0.15, 0.2) is 6.33 Å². The van der Waals surface area contributed by atoms with Gasteiger partial charge < -0.3 is 11.1 Å². The summed E-state index contributed by atoms with van der Waals surface area (Å²) in [5.74, 6) is 2.04. The van der Waals surface area contributed by atoms with Gasteiger partial charge in [-0.1, -0.05) is 20.8 Å². The number of rotatable bonds is 4. The Balaban J connectivity index is 2.80. The third-order valence-corrected chi connectivity index (χ3v) is 2.01. The number of nitrogens with two attached hydrogens (primary N) is 1. The first-order chi connectivity index (χ1) is 6.65. The van der Waals surface area contributed by atoms with Gasteiger partial charge in [-0.05, 0) is 12.3 Å². The highest BCUT2D eigenvalue weighted by Gasteiger charge is 2.06. The van der Waals surface area contributed by atoms with E-state index in [9.17, 15) is 0 Å². The number of hydrogen-bond acceptors (Lipinski definition) is 4. The third-order valence-electron chi connectivity index (χ3n) is 2.01. The first-order valence-corrected chi connectivity index (χ1v) is 4.98. The van der Waals surface area contributed by atoms with Crippen LogP contribution in [0.25, 0.3) is 0 Å². The zero-order chi connectivity index (χ0) is 10.6. The van der Waals surface area contributed by atoms with Crippen molar-refractivity contribution in [3.05, 3.63) is 11.9 Å². The van der Waals surface area contributed by atoms with Crippen LogP contribution in [0.4, 0.5) is 11.6 Å². The molecule has 0 amide bonds. The molecule has 1 rings (SSSR count). The largest absolute Gasteiger partial charge is 0.383 e. The molecule has 0 radical (unpaired) electrons. The molecule has 0 atom stereocenters. The van der Waals surface area contributed by atoms with E-state index in [2.05, 4.69) is 36.1 Å². The molecule has 1 heterocycles. The fourth-order valence-electron chi connectivity index (χ4n) is 1.23. The fraction of sp³-hybridized carbons (Fsp3) is 0.600. The average molecular weight is 194 g/mol. The van der Waals surface area contributed by atoms with Crippen LogP contribution in [-0.4, -0.2) is 16.5 Å². The Hall–Kier alpha value is -1.32. The monoisotopic (exact) mass is 194 g/mol. The van der Waals surface area contributed by atoms with Gasteiger partial charge in [0.05, 0.1) is 0 Å². The summed E-state index contributed by atoms with van der Waals surface area (Å²) in [5, 5.41) is 3.27. The molecule has 78 valence electrons. The Morgan fingerprint density at radius 3 is 2.71 bits per heavy atom. The van der Waals surface area contributed by atoms with Crippen LogP contribution in [0.1, 0.15) is 26.3 Å². The first-order valence-electron chi connectivity index (χ1n) is 4.98. The number of aromatic nitrogens is 2. The lowest BCUT2D eigenvalue weighted by Gasteiger charge is -2.12. The molecule has 0 saturated heterocycles. The topological polar surface area (TPSA) is 63.8 Å². The van der Waals surface area contributed by atoms with E-state index in [4.69, 9.17) is 5.73 Å². The van der Waals surface area contributed by atoms with Gasteiger partial charge in [0, 0.05) is 12.1 Å². The van der Waals surface area contributed by atoms with Crippen LogP contribution in [0.2, 0.25) is 0 Å². The zero-order valence-corrected chi connectivity index (χ0v) is 9.04. The van der Waals surface area contributed by atoms with Crippen molar-refractivity contribution in [3.8, 4) is 0 Å². The first kappa shape index (κ1) is 10.8. The highest BCUT2D eigenvalue weighted by Crippen LogP contribution is 2.17. The zero-order valence-electron chi connectivity index (χ0n) is 9.04. The molecule has 0 unspecified atom stereocenters.